The van der Waals surface area contributed by atoms with Crippen molar-refractivity contribution in [2.24, 2.45) is 11.8 Å². The Hall–Kier alpha value is -1.03. The third-order valence-electron chi connectivity index (χ3n) is 4.76. The molecule has 0 saturated heterocycles. The van der Waals surface area contributed by atoms with Crippen molar-refractivity contribution in [2.75, 3.05) is 11.9 Å². The lowest BCUT2D eigenvalue weighted by molar-refractivity contribution is -0.120. The molecule has 2 rings (SSSR count). The highest BCUT2D eigenvalue weighted by Crippen LogP contribution is 2.30. The number of hydrogen-bond donors (Lipinski definition) is 1. The van der Waals surface area contributed by atoms with Gasteiger partial charge in [-0.3, -0.25) is 4.79 Å². The number of ether oxygens (including phenoxy) is 1. The van der Waals surface area contributed by atoms with Gasteiger partial charge in [-0.05, 0) is 56.2 Å². The van der Waals surface area contributed by atoms with Crippen molar-refractivity contribution >= 4 is 27.5 Å². The molecule has 3 nitrogen and oxygen atoms in total. The zero-order valence-corrected chi connectivity index (χ0v) is 17.4. The highest BCUT2D eigenvalue weighted by atomic mass is 79.9. The van der Waals surface area contributed by atoms with Gasteiger partial charge in [-0.2, -0.15) is 0 Å². The molecule has 4 heteroatoms. The Balaban J connectivity index is 2.05. The first-order valence-corrected chi connectivity index (χ1v) is 10.6. The molecule has 1 aliphatic rings. The fourth-order valence-corrected chi connectivity index (χ4v) is 4.64. The van der Waals surface area contributed by atoms with E-state index < -0.39 is 0 Å². The average Bonchev–Trinajstić information content (AvgIpc) is 2.57. The number of alkyl halides is 1. The summed E-state index contributed by atoms with van der Waals surface area (Å²) in [5.41, 5.74) is 2.04. The van der Waals surface area contributed by atoms with Crippen molar-refractivity contribution in [1.29, 1.82) is 0 Å². The predicted octanol–water partition coefficient (Wildman–Crippen LogP) is 5.96. The quantitative estimate of drug-likeness (QED) is 0.538. The van der Waals surface area contributed by atoms with Crippen LogP contribution < -0.4 is 10.1 Å². The maximum Gasteiger partial charge on any atom is 0.227 e. The van der Waals surface area contributed by atoms with Gasteiger partial charge in [0.2, 0.25) is 5.91 Å². The predicted molar refractivity (Wildman–Crippen MR) is 109 cm³/mol. The van der Waals surface area contributed by atoms with Gasteiger partial charge >= 0.3 is 0 Å². The van der Waals surface area contributed by atoms with E-state index in [1.165, 1.54) is 12.0 Å². The molecule has 25 heavy (non-hydrogen) atoms. The average molecular weight is 410 g/mol. The van der Waals surface area contributed by atoms with Crippen molar-refractivity contribution < 1.29 is 9.53 Å². The van der Waals surface area contributed by atoms with Crippen molar-refractivity contribution in [2.45, 2.75) is 70.5 Å². The van der Waals surface area contributed by atoms with Crippen LogP contribution in [0.15, 0.2) is 18.2 Å². The van der Waals surface area contributed by atoms with Gasteiger partial charge < -0.3 is 10.1 Å². The molecule has 140 valence electrons. The van der Waals surface area contributed by atoms with Crippen LogP contribution in [0.3, 0.4) is 0 Å². The third kappa shape index (κ3) is 6.65. The number of benzene rings is 1. The lowest BCUT2D eigenvalue weighted by Gasteiger charge is -2.22. The van der Waals surface area contributed by atoms with E-state index in [-0.39, 0.29) is 11.8 Å². The fourth-order valence-electron chi connectivity index (χ4n) is 3.52. The molecule has 0 aliphatic heterocycles. The molecule has 1 N–H and O–H groups in total. The van der Waals surface area contributed by atoms with E-state index in [1.54, 1.807) is 0 Å². The number of anilines is 1. The first kappa shape index (κ1) is 20.3. The van der Waals surface area contributed by atoms with Gasteiger partial charge in [0, 0.05) is 10.7 Å². The van der Waals surface area contributed by atoms with Crippen LogP contribution in [0, 0.1) is 11.8 Å². The molecule has 0 spiro atoms. The van der Waals surface area contributed by atoms with Gasteiger partial charge in [-0.25, -0.2) is 0 Å². The van der Waals surface area contributed by atoms with Crippen LogP contribution >= 0.6 is 15.9 Å². The summed E-state index contributed by atoms with van der Waals surface area (Å²) in [4.78, 5) is 13.0. The van der Waals surface area contributed by atoms with Crippen LogP contribution in [-0.2, 0) is 11.2 Å². The smallest absolute Gasteiger partial charge is 0.227 e. The standard InChI is InChI=1S/C21H32BrNO2/c1-4-25-20-14-16(13-18(22)12-15(2)3)10-11-19(20)23-21(24)17-8-6-5-7-9-17/h10-11,14-15,17-18H,4-9,12-13H2,1-3H3,(H,23,24). The van der Waals surface area contributed by atoms with Crippen LogP contribution in [0.5, 0.6) is 5.75 Å². The zero-order valence-electron chi connectivity index (χ0n) is 15.8. The van der Waals surface area contributed by atoms with E-state index in [1.807, 2.05) is 13.0 Å². The van der Waals surface area contributed by atoms with Gasteiger partial charge in [-0.1, -0.05) is 55.1 Å². The monoisotopic (exact) mass is 409 g/mol. The largest absolute Gasteiger partial charge is 0.492 e. The first-order chi connectivity index (χ1) is 12.0. The minimum atomic E-state index is 0.145. The molecule has 1 aromatic carbocycles. The summed E-state index contributed by atoms with van der Waals surface area (Å²) in [5, 5.41) is 3.10. The molecule has 1 unspecified atom stereocenters. The minimum Gasteiger partial charge on any atom is -0.492 e. The molecule has 0 bridgehead atoms. The normalized spacial score (nSPS) is 16.7. The van der Waals surface area contributed by atoms with Gasteiger partial charge in [0.15, 0.2) is 0 Å². The van der Waals surface area contributed by atoms with Gasteiger partial charge in [0.1, 0.15) is 5.75 Å². The molecule has 1 fully saturated rings. The Kier molecular flexibility index (Phi) is 8.28. The van der Waals surface area contributed by atoms with Crippen molar-refractivity contribution in [3.05, 3.63) is 23.8 Å². The molecular weight excluding hydrogens is 378 g/mol. The number of rotatable bonds is 8. The minimum absolute atomic E-state index is 0.145. The van der Waals surface area contributed by atoms with E-state index in [0.29, 0.717) is 17.4 Å². The first-order valence-electron chi connectivity index (χ1n) is 9.70. The summed E-state index contributed by atoms with van der Waals surface area (Å²) >= 11 is 3.78. The fraction of sp³-hybridized carbons (Fsp3) is 0.667. The second kappa shape index (κ2) is 10.2. The molecule has 1 amide bonds. The second-order valence-corrected chi connectivity index (χ2v) is 8.81. The second-order valence-electron chi connectivity index (χ2n) is 7.52. The van der Waals surface area contributed by atoms with Crippen LogP contribution in [0.25, 0.3) is 0 Å². The molecule has 1 aromatic rings. The lowest BCUT2D eigenvalue weighted by atomic mass is 9.88. The molecule has 1 saturated carbocycles. The number of amides is 1. The summed E-state index contributed by atoms with van der Waals surface area (Å²) < 4.78 is 5.80. The number of nitrogens with one attached hydrogen (secondary N) is 1. The summed E-state index contributed by atoms with van der Waals surface area (Å²) in [6, 6.07) is 6.18. The van der Waals surface area contributed by atoms with Gasteiger partial charge in [0.05, 0.1) is 12.3 Å². The SMILES string of the molecule is CCOc1cc(CC(Br)CC(C)C)ccc1NC(=O)C1CCCCC1. The number of hydrogen-bond acceptors (Lipinski definition) is 2. The Bertz CT molecular complexity index is 553. The molecule has 0 aromatic heterocycles. The topological polar surface area (TPSA) is 38.3 Å². The van der Waals surface area contributed by atoms with E-state index in [9.17, 15) is 4.79 Å². The third-order valence-corrected chi connectivity index (χ3v) is 5.46. The van der Waals surface area contributed by atoms with Crippen LogP contribution in [0.2, 0.25) is 0 Å². The lowest BCUT2D eigenvalue weighted by Crippen LogP contribution is -2.25. The molecular formula is C21H32BrNO2. The van der Waals surface area contributed by atoms with Crippen LogP contribution in [-0.4, -0.2) is 17.3 Å². The van der Waals surface area contributed by atoms with E-state index >= 15 is 0 Å². The Morgan fingerprint density at radius 1 is 1.28 bits per heavy atom. The van der Waals surface area contributed by atoms with E-state index in [2.05, 4.69) is 47.2 Å². The highest BCUT2D eigenvalue weighted by Gasteiger charge is 2.22. The summed E-state index contributed by atoms with van der Waals surface area (Å²) in [7, 11) is 0. The summed E-state index contributed by atoms with van der Waals surface area (Å²) in [6.07, 6.45) is 7.71. The number of halogens is 1. The van der Waals surface area contributed by atoms with Crippen molar-refractivity contribution in [1.82, 2.24) is 0 Å². The summed E-state index contributed by atoms with van der Waals surface area (Å²) in [6.45, 7) is 7.05. The number of carbonyl (C=O) groups is 1. The van der Waals surface area contributed by atoms with Crippen LogP contribution in [0.4, 0.5) is 5.69 Å². The molecule has 0 heterocycles. The molecule has 1 atom stereocenters. The van der Waals surface area contributed by atoms with Gasteiger partial charge in [0.25, 0.3) is 0 Å². The van der Waals surface area contributed by atoms with Crippen molar-refractivity contribution in [3.8, 4) is 5.75 Å². The summed E-state index contributed by atoms with van der Waals surface area (Å²) in [5.74, 6) is 1.76. The van der Waals surface area contributed by atoms with Crippen LogP contribution in [0.1, 0.15) is 64.9 Å². The van der Waals surface area contributed by atoms with E-state index in [4.69, 9.17) is 4.74 Å². The highest BCUT2D eigenvalue weighted by molar-refractivity contribution is 9.09. The van der Waals surface area contributed by atoms with Crippen molar-refractivity contribution in [3.63, 3.8) is 0 Å². The molecule has 1 aliphatic carbocycles. The Morgan fingerprint density at radius 2 is 2.00 bits per heavy atom. The Labute approximate surface area is 161 Å². The zero-order chi connectivity index (χ0) is 18.2. The van der Waals surface area contributed by atoms with Gasteiger partial charge in [-0.15, -0.1) is 0 Å². The Morgan fingerprint density at radius 3 is 2.64 bits per heavy atom. The maximum absolute atomic E-state index is 12.5. The number of carbonyl (C=O) groups excluding carboxylic acids is 1. The molecule has 0 radical (unpaired) electrons. The maximum atomic E-state index is 12.5. The van der Waals surface area contributed by atoms with E-state index in [0.717, 1.165) is 50.0 Å².